The van der Waals surface area contributed by atoms with Crippen LogP contribution in [0.25, 0.3) is 0 Å². The molecule has 0 spiro atoms. The molecule has 1 unspecified atom stereocenters. The van der Waals surface area contributed by atoms with Gasteiger partial charge in [-0.05, 0) is 45.0 Å². The smallest absolute Gasteiger partial charge is 0.255 e. The van der Waals surface area contributed by atoms with Crippen molar-refractivity contribution in [2.45, 2.75) is 39.3 Å². The fourth-order valence-corrected chi connectivity index (χ4v) is 2.89. The molecule has 1 atom stereocenters. The van der Waals surface area contributed by atoms with E-state index in [0.717, 1.165) is 18.8 Å². The molecule has 0 aromatic carbocycles. The summed E-state index contributed by atoms with van der Waals surface area (Å²) in [7, 11) is 1.77. The monoisotopic (exact) mass is 305 g/mol. The molecule has 1 aromatic heterocycles. The number of likely N-dealkylation sites (N-methyl/N-ethyl adjacent to an activating group) is 1. The highest BCUT2D eigenvalue weighted by Gasteiger charge is 2.22. The maximum Gasteiger partial charge on any atom is 0.255 e. The highest BCUT2D eigenvalue weighted by Crippen LogP contribution is 2.15. The van der Waals surface area contributed by atoms with Crippen molar-refractivity contribution in [1.29, 1.82) is 0 Å². The van der Waals surface area contributed by atoms with E-state index in [1.807, 2.05) is 19.1 Å². The van der Waals surface area contributed by atoms with Crippen LogP contribution in [0.3, 0.4) is 0 Å². The van der Waals surface area contributed by atoms with E-state index in [1.165, 1.54) is 19.4 Å². The number of hydrogen-bond acceptors (Lipinski definition) is 3. The zero-order valence-corrected chi connectivity index (χ0v) is 13.8. The molecule has 2 heterocycles. The lowest BCUT2D eigenvalue weighted by Gasteiger charge is -2.23. The number of likely N-dealkylation sites (tertiary alicyclic amines) is 1. The normalized spacial score (nSPS) is 19.6. The number of nitrogens with zero attached hydrogens (tertiary/aromatic N) is 3. The van der Waals surface area contributed by atoms with Gasteiger partial charge in [0.15, 0.2) is 5.96 Å². The largest absolute Gasteiger partial charge is 0.370 e. The lowest BCUT2D eigenvalue weighted by atomic mass is 10.2. The third-order valence-electron chi connectivity index (χ3n) is 4.48. The van der Waals surface area contributed by atoms with Gasteiger partial charge in [-0.15, -0.1) is 0 Å². The van der Waals surface area contributed by atoms with Gasteiger partial charge in [-0.3, -0.25) is 9.69 Å². The molecular formula is C16H27N5O. The van der Waals surface area contributed by atoms with Gasteiger partial charge >= 0.3 is 0 Å². The van der Waals surface area contributed by atoms with Crippen molar-refractivity contribution in [2.24, 2.45) is 17.8 Å². The fraction of sp³-hybridized carbons (Fsp3) is 0.625. The SMILES string of the molecule is CCN1CCCC1CNC(N)=NCc1ccc(C)n(C)c1=O. The van der Waals surface area contributed by atoms with Crippen LogP contribution in [0, 0.1) is 6.92 Å². The van der Waals surface area contributed by atoms with E-state index in [0.29, 0.717) is 24.1 Å². The number of rotatable bonds is 5. The number of pyridine rings is 1. The second-order valence-electron chi connectivity index (χ2n) is 5.87. The van der Waals surface area contributed by atoms with E-state index in [9.17, 15) is 4.79 Å². The second kappa shape index (κ2) is 7.45. The number of aliphatic imine (C=N–C) groups is 1. The Morgan fingerprint density at radius 3 is 3.00 bits per heavy atom. The number of hydrogen-bond donors (Lipinski definition) is 2. The van der Waals surface area contributed by atoms with Crippen molar-refractivity contribution >= 4 is 5.96 Å². The Labute approximate surface area is 132 Å². The predicted octanol–water partition coefficient (Wildman–Crippen LogP) is 0.582. The minimum Gasteiger partial charge on any atom is -0.370 e. The maximum absolute atomic E-state index is 12.1. The van der Waals surface area contributed by atoms with E-state index in [1.54, 1.807) is 11.6 Å². The summed E-state index contributed by atoms with van der Waals surface area (Å²) < 4.78 is 1.63. The number of aryl methyl sites for hydroxylation is 1. The molecule has 1 aliphatic rings. The van der Waals surface area contributed by atoms with Crippen LogP contribution in [0.15, 0.2) is 21.9 Å². The molecule has 0 saturated carbocycles. The summed E-state index contributed by atoms with van der Waals surface area (Å²) >= 11 is 0. The van der Waals surface area contributed by atoms with Gasteiger partial charge < -0.3 is 15.6 Å². The standard InChI is InChI=1S/C16H27N5O/c1-4-21-9-5-6-14(21)11-19-16(17)18-10-13-8-7-12(2)20(3)15(13)22/h7-8,14H,4-6,9-11H2,1-3H3,(H3,17,18,19). The van der Waals surface area contributed by atoms with Crippen LogP contribution < -0.4 is 16.6 Å². The molecule has 0 amide bonds. The lowest BCUT2D eigenvalue weighted by molar-refractivity contribution is 0.267. The van der Waals surface area contributed by atoms with Crippen molar-refractivity contribution in [2.75, 3.05) is 19.6 Å². The fourth-order valence-electron chi connectivity index (χ4n) is 2.89. The molecular weight excluding hydrogens is 278 g/mol. The molecule has 1 fully saturated rings. The van der Waals surface area contributed by atoms with E-state index in [-0.39, 0.29) is 5.56 Å². The lowest BCUT2D eigenvalue weighted by Crippen LogP contribution is -2.42. The molecule has 6 heteroatoms. The summed E-state index contributed by atoms with van der Waals surface area (Å²) in [5, 5.41) is 3.18. The van der Waals surface area contributed by atoms with Crippen molar-refractivity contribution in [3.63, 3.8) is 0 Å². The number of nitrogens with two attached hydrogens (primary N) is 1. The molecule has 0 aliphatic carbocycles. The predicted molar refractivity (Wildman–Crippen MR) is 90.0 cm³/mol. The third kappa shape index (κ3) is 3.88. The summed E-state index contributed by atoms with van der Waals surface area (Å²) in [5.74, 6) is 0.408. The number of aromatic nitrogens is 1. The zero-order valence-electron chi connectivity index (χ0n) is 13.8. The van der Waals surface area contributed by atoms with Crippen LogP contribution in [0.2, 0.25) is 0 Å². The quantitative estimate of drug-likeness (QED) is 0.616. The third-order valence-corrected chi connectivity index (χ3v) is 4.48. The first kappa shape index (κ1) is 16.5. The van der Waals surface area contributed by atoms with Crippen molar-refractivity contribution in [3.8, 4) is 0 Å². The van der Waals surface area contributed by atoms with E-state index >= 15 is 0 Å². The molecule has 0 radical (unpaired) electrons. The Kier molecular flexibility index (Phi) is 5.60. The van der Waals surface area contributed by atoms with Gasteiger partial charge in [-0.2, -0.15) is 0 Å². The summed E-state index contributed by atoms with van der Waals surface area (Å²) in [6, 6.07) is 4.28. The second-order valence-corrected chi connectivity index (χ2v) is 5.87. The Morgan fingerprint density at radius 2 is 2.27 bits per heavy atom. The molecule has 6 nitrogen and oxygen atoms in total. The van der Waals surface area contributed by atoms with Crippen LogP contribution >= 0.6 is 0 Å². The Morgan fingerprint density at radius 1 is 1.50 bits per heavy atom. The number of guanidine groups is 1. The van der Waals surface area contributed by atoms with E-state index in [2.05, 4.69) is 22.1 Å². The van der Waals surface area contributed by atoms with E-state index in [4.69, 9.17) is 5.73 Å². The molecule has 122 valence electrons. The summed E-state index contributed by atoms with van der Waals surface area (Å²) in [5.41, 5.74) is 7.50. The molecule has 1 saturated heterocycles. The first-order valence-electron chi connectivity index (χ1n) is 7.96. The van der Waals surface area contributed by atoms with Gasteiger partial charge in [-0.25, -0.2) is 4.99 Å². The van der Waals surface area contributed by atoms with Gasteiger partial charge in [0.1, 0.15) is 0 Å². The average molecular weight is 305 g/mol. The summed E-state index contributed by atoms with van der Waals surface area (Å²) in [4.78, 5) is 18.8. The van der Waals surface area contributed by atoms with Crippen LogP contribution in [0.5, 0.6) is 0 Å². The molecule has 1 aliphatic heterocycles. The van der Waals surface area contributed by atoms with Gasteiger partial charge in [-0.1, -0.05) is 6.92 Å². The highest BCUT2D eigenvalue weighted by atomic mass is 16.1. The van der Waals surface area contributed by atoms with Crippen molar-refractivity contribution in [3.05, 3.63) is 33.7 Å². The first-order valence-corrected chi connectivity index (χ1v) is 7.96. The Balaban J connectivity index is 1.90. The average Bonchev–Trinajstić information content (AvgIpc) is 2.97. The minimum atomic E-state index is -0.00972. The first-order chi connectivity index (χ1) is 10.5. The minimum absolute atomic E-state index is 0.00972. The van der Waals surface area contributed by atoms with Gasteiger partial charge in [0.2, 0.25) is 0 Å². The molecule has 22 heavy (non-hydrogen) atoms. The Bertz CT molecular complexity index is 593. The Hall–Kier alpha value is -1.82. The molecule has 0 bridgehead atoms. The van der Waals surface area contributed by atoms with Crippen LogP contribution in [0.1, 0.15) is 31.0 Å². The molecule has 1 aromatic rings. The van der Waals surface area contributed by atoms with Crippen LogP contribution in [-0.4, -0.2) is 41.1 Å². The van der Waals surface area contributed by atoms with Gasteiger partial charge in [0.25, 0.3) is 5.56 Å². The summed E-state index contributed by atoms with van der Waals surface area (Å²) in [6.07, 6.45) is 2.45. The van der Waals surface area contributed by atoms with Crippen LogP contribution in [0.4, 0.5) is 0 Å². The van der Waals surface area contributed by atoms with Crippen molar-refractivity contribution < 1.29 is 0 Å². The topological polar surface area (TPSA) is 75.7 Å². The summed E-state index contributed by atoms with van der Waals surface area (Å²) in [6.45, 7) is 7.46. The van der Waals surface area contributed by atoms with Gasteiger partial charge in [0.05, 0.1) is 6.54 Å². The van der Waals surface area contributed by atoms with Crippen LogP contribution in [-0.2, 0) is 13.6 Å². The van der Waals surface area contributed by atoms with E-state index < -0.39 is 0 Å². The number of nitrogens with one attached hydrogen (secondary N) is 1. The maximum atomic E-state index is 12.1. The van der Waals surface area contributed by atoms with Gasteiger partial charge in [0, 0.05) is 30.9 Å². The van der Waals surface area contributed by atoms with Crippen molar-refractivity contribution in [1.82, 2.24) is 14.8 Å². The molecule has 2 rings (SSSR count). The molecule has 3 N–H and O–H groups in total. The zero-order chi connectivity index (χ0) is 16.1. The highest BCUT2D eigenvalue weighted by molar-refractivity contribution is 5.77.